The van der Waals surface area contributed by atoms with E-state index in [-0.39, 0.29) is 16.0 Å². The topological polar surface area (TPSA) is 38.8 Å². The van der Waals surface area contributed by atoms with Crippen molar-refractivity contribution in [3.8, 4) is 0 Å². The van der Waals surface area contributed by atoms with Crippen molar-refractivity contribution < 1.29 is 13.6 Å². The second-order valence-electron chi connectivity index (χ2n) is 11.4. The van der Waals surface area contributed by atoms with Crippen molar-refractivity contribution in [3.63, 3.8) is 0 Å². The zero-order chi connectivity index (χ0) is 22.0. The molecule has 0 aromatic heterocycles. The van der Waals surface area contributed by atoms with Gasteiger partial charge < -0.3 is 8.85 Å². The van der Waals surface area contributed by atoms with E-state index in [0.29, 0.717) is 19.8 Å². The molecule has 1 heterocycles. The first-order chi connectivity index (χ1) is 12.5. The molecule has 0 aromatic rings. The first-order valence-corrected chi connectivity index (χ1v) is 16.4. The standard InChI is InChI=1S/C22H44NO3Si2/c1-12-23-16-13-22(19(23)24,14-17-25-27(8,9)20(2,3)4)15-18-26-28(10,11)21(5,6)7/h1,12H,13-18H2,2-11H3/q+1. The molecule has 0 unspecified atom stereocenters. The fourth-order valence-corrected chi connectivity index (χ4v) is 5.11. The maximum Gasteiger partial charge on any atom is 0.247 e. The van der Waals surface area contributed by atoms with Crippen LogP contribution in [-0.4, -0.2) is 47.2 Å². The van der Waals surface area contributed by atoms with Gasteiger partial charge in [0, 0.05) is 19.8 Å². The van der Waals surface area contributed by atoms with E-state index in [9.17, 15) is 4.79 Å². The van der Waals surface area contributed by atoms with Gasteiger partial charge in [0.15, 0.2) is 16.6 Å². The van der Waals surface area contributed by atoms with Crippen LogP contribution in [0.25, 0.3) is 0 Å². The van der Waals surface area contributed by atoms with Crippen molar-refractivity contribution in [2.45, 2.75) is 97.1 Å². The Hall–Kier alpha value is -0.526. The zero-order valence-electron chi connectivity index (χ0n) is 20.1. The summed E-state index contributed by atoms with van der Waals surface area (Å²) in [7, 11) is -3.65. The second kappa shape index (κ2) is 8.69. The fraction of sp³-hybridized carbons (Fsp3) is 0.864. The fourth-order valence-electron chi connectivity index (χ4n) is 3.01. The van der Waals surface area contributed by atoms with E-state index < -0.39 is 22.0 Å². The summed E-state index contributed by atoms with van der Waals surface area (Å²) in [6, 6.07) is 0. The van der Waals surface area contributed by atoms with Crippen molar-refractivity contribution in [2.24, 2.45) is 5.41 Å². The normalized spacial score (nSPS) is 18.6. The molecule has 0 N–H and O–H groups in total. The van der Waals surface area contributed by atoms with Crippen LogP contribution in [0, 0.1) is 12.0 Å². The number of carbonyl (C=O) groups excluding carboxylic acids is 1. The molecule has 1 fully saturated rings. The Morgan fingerprint density at radius 2 is 1.36 bits per heavy atom. The van der Waals surface area contributed by atoms with E-state index in [1.54, 1.807) is 4.90 Å². The molecule has 4 nitrogen and oxygen atoms in total. The van der Waals surface area contributed by atoms with Crippen LogP contribution < -0.4 is 0 Å². The monoisotopic (exact) mass is 426 g/mol. The summed E-state index contributed by atoms with van der Waals surface area (Å²) in [5, 5.41) is 0.338. The maximum atomic E-state index is 13.1. The molecule has 0 radical (unpaired) electrons. The zero-order valence-corrected chi connectivity index (χ0v) is 22.1. The van der Waals surface area contributed by atoms with Crippen LogP contribution in [0.1, 0.15) is 60.8 Å². The molecule has 1 aliphatic heterocycles. The lowest BCUT2D eigenvalue weighted by Crippen LogP contribution is -2.44. The Labute approximate surface area is 176 Å². The van der Waals surface area contributed by atoms with Gasteiger partial charge in [-0.05, 0) is 55.5 Å². The molecule has 0 saturated carbocycles. The van der Waals surface area contributed by atoms with Crippen LogP contribution in [0.2, 0.25) is 36.3 Å². The molecular weight excluding hydrogens is 382 g/mol. The lowest BCUT2D eigenvalue weighted by atomic mass is 9.80. The highest BCUT2D eigenvalue weighted by Crippen LogP contribution is 2.42. The third-order valence-corrected chi connectivity index (χ3v) is 16.5. The van der Waals surface area contributed by atoms with Crippen LogP contribution >= 0.6 is 0 Å². The van der Waals surface area contributed by atoms with E-state index in [0.717, 1.165) is 19.3 Å². The van der Waals surface area contributed by atoms with Crippen molar-refractivity contribution >= 4 is 22.5 Å². The largest absolute Gasteiger partial charge is 0.417 e. The highest BCUT2D eigenvalue weighted by atomic mass is 28.4. The molecule has 162 valence electrons. The Bertz CT molecular complexity index is 527. The van der Waals surface area contributed by atoms with Gasteiger partial charge in [-0.15, -0.1) is 0 Å². The average molecular weight is 427 g/mol. The predicted molar refractivity (Wildman–Crippen MR) is 123 cm³/mol. The number of amides is 1. The minimum absolute atomic E-state index is 0.132. The first kappa shape index (κ1) is 25.5. The van der Waals surface area contributed by atoms with Gasteiger partial charge in [0.2, 0.25) is 18.7 Å². The first-order valence-electron chi connectivity index (χ1n) is 10.6. The smallest absolute Gasteiger partial charge is 0.247 e. The van der Waals surface area contributed by atoms with E-state index >= 15 is 0 Å². The Morgan fingerprint density at radius 3 is 1.64 bits per heavy atom. The summed E-state index contributed by atoms with van der Waals surface area (Å²) in [5.41, 5.74) is -0.416. The lowest BCUT2D eigenvalue weighted by molar-refractivity contribution is -0.135. The van der Waals surface area contributed by atoms with Gasteiger partial charge in [-0.25, -0.2) is 0 Å². The van der Waals surface area contributed by atoms with E-state index in [4.69, 9.17) is 15.4 Å². The molecule has 1 rings (SSSR count). The SMILES string of the molecule is [CH+]=CN1CCC(CCO[Si](C)(C)C(C)(C)C)(CCO[Si](C)(C)C(C)(C)C)C1=O. The van der Waals surface area contributed by atoms with Crippen molar-refractivity contribution in [1.82, 2.24) is 4.90 Å². The quantitative estimate of drug-likeness (QED) is 0.336. The summed E-state index contributed by atoms with van der Waals surface area (Å²) in [6.45, 7) is 30.1. The number of hydrogen-bond acceptors (Lipinski definition) is 3. The van der Waals surface area contributed by atoms with Gasteiger partial charge in [-0.2, -0.15) is 0 Å². The minimum Gasteiger partial charge on any atom is -0.417 e. The summed E-state index contributed by atoms with van der Waals surface area (Å²) in [5.74, 6) is 0.132. The van der Waals surface area contributed by atoms with Crippen molar-refractivity contribution in [3.05, 3.63) is 12.8 Å². The molecule has 28 heavy (non-hydrogen) atoms. The molecule has 0 atom stereocenters. The van der Waals surface area contributed by atoms with Crippen LogP contribution in [0.3, 0.4) is 0 Å². The maximum absolute atomic E-state index is 13.1. The van der Waals surface area contributed by atoms with Gasteiger partial charge in [0.05, 0.1) is 5.41 Å². The molecule has 0 bridgehead atoms. The van der Waals surface area contributed by atoms with Crippen LogP contribution in [0.5, 0.6) is 0 Å². The van der Waals surface area contributed by atoms with Gasteiger partial charge in [0.1, 0.15) is 0 Å². The van der Waals surface area contributed by atoms with Gasteiger partial charge in [-0.3, -0.25) is 9.69 Å². The highest BCUT2D eigenvalue weighted by Gasteiger charge is 2.48. The summed E-state index contributed by atoms with van der Waals surface area (Å²) in [6.07, 6.45) is 3.72. The number of carbonyl (C=O) groups is 1. The van der Waals surface area contributed by atoms with Crippen molar-refractivity contribution in [1.29, 1.82) is 0 Å². The summed E-state index contributed by atoms with van der Waals surface area (Å²) in [4.78, 5) is 14.8. The molecular formula is C22H44NO3Si2+. The summed E-state index contributed by atoms with van der Waals surface area (Å²) >= 11 is 0. The molecule has 0 spiro atoms. The molecule has 6 heteroatoms. The lowest BCUT2D eigenvalue weighted by Gasteiger charge is -2.38. The van der Waals surface area contributed by atoms with Gasteiger partial charge in [0.25, 0.3) is 0 Å². The van der Waals surface area contributed by atoms with Crippen LogP contribution in [-0.2, 0) is 13.6 Å². The van der Waals surface area contributed by atoms with Crippen molar-refractivity contribution in [2.75, 3.05) is 19.8 Å². The summed E-state index contributed by atoms with van der Waals surface area (Å²) < 4.78 is 12.8. The Morgan fingerprint density at radius 1 is 0.964 bits per heavy atom. The average Bonchev–Trinajstić information content (AvgIpc) is 2.81. The molecule has 0 aliphatic carbocycles. The third kappa shape index (κ3) is 5.76. The predicted octanol–water partition coefficient (Wildman–Crippen LogP) is 5.98. The van der Waals surface area contributed by atoms with Gasteiger partial charge in [-0.1, -0.05) is 41.5 Å². The Kier molecular flexibility index (Phi) is 7.91. The number of rotatable bonds is 9. The highest BCUT2D eigenvalue weighted by molar-refractivity contribution is 6.74. The van der Waals surface area contributed by atoms with E-state index in [2.05, 4.69) is 67.7 Å². The molecule has 1 aliphatic rings. The third-order valence-electron chi connectivity index (χ3n) is 7.43. The second-order valence-corrected chi connectivity index (χ2v) is 21.0. The number of nitrogens with zero attached hydrogens (tertiary/aromatic N) is 1. The van der Waals surface area contributed by atoms with Gasteiger partial charge >= 0.3 is 0 Å². The minimum atomic E-state index is -1.82. The van der Waals surface area contributed by atoms with Crippen LogP contribution in [0.15, 0.2) is 6.20 Å². The van der Waals surface area contributed by atoms with E-state index in [1.807, 2.05) is 0 Å². The number of likely N-dealkylation sites (tertiary alicyclic amines) is 1. The molecule has 1 amide bonds. The van der Waals surface area contributed by atoms with E-state index in [1.165, 1.54) is 6.20 Å². The Balaban J connectivity index is 2.83. The number of hydrogen-bond donors (Lipinski definition) is 0. The molecule has 1 saturated heterocycles. The van der Waals surface area contributed by atoms with Crippen LogP contribution in [0.4, 0.5) is 0 Å². The molecule has 0 aromatic carbocycles.